The first-order chi connectivity index (χ1) is 4.61. The molecule has 0 unspecified atom stereocenters. The number of pyridine rings is 1. The summed E-state index contributed by atoms with van der Waals surface area (Å²) in [7, 11) is 0. The molecule has 0 fully saturated rings. The lowest BCUT2D eigenvalue weighted by molar-refractivity contribution is 1.26. The number of hydrogen-bond donors (Lipinski definition) is 0. The quantitative estimate of drug-likeness (QED) is 0.590. The summed E-state index contributed by atoms with van der Waals surface area (Å²) in [6.45, 7) is 0. The van der Waals surface area contributed by atoms with Gasteiger partial charge in [-0.05, 0) is 17.7 Å². The Balaban J connectivity index is 0.000001000. The number of alkyl halides is 3. The van der Waals surface area contributed by atoms with E-state index in [2.05, 4.69) is 52.8 Å². The molecule has 1 heterocycles. The molecule has 0 saturated heterocycles. The molecule has 1 rings (SSSR count). The van der Waals surface area contributed by atoms with Gasteiger partial charge < -0.3 is 0 Å². The molecule has 0 amide bonds. The van der Waals surface area contributed by atoms with Crippen molar-refractivity contribution < 1.29 is 0 Å². The second-order valence-corrected chi connectivity index (χ2v) is 8.49. The Morgan fingerprint density at radius 3 is 1.82 bits per heavy atom. The number of halogens is 4. The van der Waals surface area contributed by atoms with Gasteiger partial charge in [-0.15, -0.1) is 17.0 Å². The van der Waals surface area contributed by atoms with Crippen molar-refractivity contribution in [2.75, 3.05) is 0 Å². The lowest BCUT2D eigenvalue weighted by atomic mass is 10.3. The summed E-state index contributed by atoms with van der Waals surface area (Å²) in [5.74, 6) is 0. The van der Waals surface area contributed by atoms with Gasteiger partial charge in [0, 0.05) is 12.4 Å². The van der Waals surface area contributed by atoms with Crippen molar-refractivity contribution in [1.29, 1.82) is 0 Å². The Morgan fingerprint density at radius 1 is 1.09 bits per heavy atom. The Labute approximate surface area is 101 Å². The highest BCUT2D eigenvalue weighted by Gasteiger charge is 2.19. The summed E-state index contributed by atoms with van der Waals surface area (Å²) in [5, 5.41) is 0. The lowest BCUT2D eigenvalue weighted by Crippen LogP contribution is -1.96. The molecule has 11 heavy (non-hydrogen) atoms. The van der Waals surface area contributed by atoms with Crippen LogP contribution in [-0.2, 0) is 2.14 Å². The van der Waals surface area contributed by atoms with Crippen LogP contribution >= 0.6 is 64.8 Å². The zero-order valence-corrected chi connectivity index (χ0v) is 11.8. The third-order valence-corrected chi connectivity index (χ3v) is 2.38. The smallest absolute Gasteiger partial charge is 0.159 e. The normalized spacial score (nSPS) is 10.5. The second kappa shape index (κ2) is 4.94. The Hall–Kier alpha value is 1.07. The third kappa shape index (κ3) is 4.01. The fourth-order valence-corrected chi connectivity index (χ4v) is 1.33. The molecular weight excluding hydrogens is 406 g/mol. The van der Waals surface area contributed by atoms with E-state index in [9.17, 15) is 0 Å². The van der Waals surface area contributed by atoms with Crippen molar-refractivity contribution in [3.63, 3.8) is 0 Å². The average Bonchev–Trinajstić information content (AvgIpc) is 1.88. The van der Waals surface area contributed by atoms with Gasteiger partial charge in [0.2, 0.25) is 0 Å². The molecule has 5 heteroatoms. The van der Waals surface area contributed by atoms with Gasteiger partial charge in [0.15, 0.2) is 2.14 Å². The molecule has 0 atom stereocenters. The molecule has 1 aromatic rings. The second-order valence-electron chi connectivity index (χ2n) is 1.73. The van der Waals surface area contributed by atoms with E-state index in [-0.39, 0.29) is 19.1 Å². The molecule has 0 N–H and O–H groups in total. The summed E-state index contributed by atoms with van der Waals surface area (Å²) < 4.78 is -0.310. The van der Waals surface area contributed by atoms with Crippen LogP contribution in [0.4, 0.5) is 0 Å². The van der Waals surface area contributed by atoms with Crippen molar-refractivity contribution in [1.82, 2.24) is 4.98 Å². The Kier molecular flexibility index (Phi) is 5.42. The molecule has 0 aromatic carbocycles. The van der Waals surface area contributed by atoms with Crippen LogP contribution in [0.3, 0.4) is 0 Å². The molecule has 0 aliphatic heterocycles. The summed E-state index contributed by atoms with van der Waals surface area (Å²) in [6, 6.07) is 3.83. The van der Waals surface area contributed by atoms with Crippen LogP contribution in [0.25, 0.3) is 0 Å². The van der Waals surface area contributed by atoms with Gasteiger partial charge in [-0.1, -0.05) is 47.8 Å². The van der Waals surface area contributed by atoms with Crippen molar-refractivity contribution >= 4 is 64.8 Å². The highest BCUT2D eigenvalue weighted by Crippen LogP contribution is 2.43. The van der Waals surface area contributed by atoms with Crippen LogP contribution in [0, 0.1) is 0 Å². The van der Waals surface area contributed by atoms with E-state index in [0.29, 0.717) is 0 Å². The zero-order chi connectivity index (χ0) is 7.61. The maximum absolute atomic E-state index is 3.90. The summed E-state index contributed by atoms with van der Waals surface area (Å²) in [5.41, 5.74) is 1.09. The minimum atomic E-state index is -0.310. The molecule has 0 radical (unpaired) electrons. The highest BCUT2D eigenvalue weighted by molar-refractivity contribution is 9.38. The van der Waals surface area contributed by atoms with Crippen LogP contribution in [0.1, 0.15) is 5.56 Å². The van der Waals surface area contributed by atoms with Gasteiger partial charge in [0.1, 0.15) is 0 Å². The molecular formula is C6H5Br4N. The van der Waals surface area contributed by atoms with Gasteiger partial charge in [0.25, 0.3) is 0 Å². The largest absolute Gasteiger partial charge is 0.265 e. The number of nitrogens with zero attached hydrogens (tertiary/aromatic N) is 1. The van der Waals surface area contributed by atoms with Gasteiger partial charge in [-0.2, -0.15) is 0 Å². The molecule has 0 aliphatic rings. The molecule has 0 spiro atoms. The van der Waals surface area contributed by atoms with E-state index in [1.807, 2.05) is 12.1 Å². The van der Waals surface area contributed by atoms with Gasteiger partial charge in [-0.3, -0.25) is 4.98 Å². The number of aromatic nitrogens is 1. The zero-order valence-electron chi connectivity index (χ0n) is 5.30. The molecule has 0 saturated carbocycles. The van der Waals surface area contributed by atoms with Crippen molar-refractivity contribution in [3.05, 3.63) is 30.1 Å². The van der Waals surface area contributed by atoms with Gasteiger partial charge in [0.05, 0.1) is 0 Å². The van der Waals surface area contributed by atoms with E-state index in [1.165, 1.54) is 0 Å². The standard InChI is InChI=1S/C6H4Br3N.BrH/c7-6(8,9)5-1-3-10-4-2-5;/h1-4H;1H. The molecule has 62 valence electrons. The summed E-state index contributed by atoms with van der Waals surface area (Å²) in [6.07, 6.45) is 3.49. The van der Waals surface area contributed by atoms with Crippen molar-refractivity contribution in [2.24, 2.45) is 0 Å². The van der Waals surface area contributed by atoms with Gasteiger partial charge in [-0.25, -0.2) is 0 Å². The molecule has 1 aromatic heterocycles. The van der Waals surface area contributed by atoms with E-state index < -0.39 is 0 Å². The first kappa shape index (κ1) is 12.1. The maximum atomic E-state index is 3.90. The number of hydrogen-bond acceptors (Lipinski definition) is 1. The fraction of sp³-hybridized carbons (Fsp3) is 0.167. The first-order valence-corrected chi connectivity index (χ1v) is 4.96. The van der Waals surface area contributed by atoms with E-state index in [1.54, 1.807) is 12.4 Å². The molecule has 1 nitrogen and oxygen atoms in total. The predicted molar refractivity (Wildman–Crippen MR) is 63.0 cm³/mol. The van der Waals surface area contributed by atoms with Crippen LogP contribution in [0.2, 0.25) is 0 Å². The summed E-state index contributed by atoms with van der Waals surface area (Å²) in [4.78, 5) is 3.90. The van der Waals surface area contributed by atoms with E-state index in [4.69, 9.17) is 0 Å². The minimum absolute atomic E-state index is 0. The monoisotopic (exact) mass is 407 g/mol. The SMILES string of the molecule is Br.BrC(Br)(Br)c1ccncc1. The minimum Gasteiger partial charge on any atom is -0.265 e. The predicted octanol–water partition coefficient (Wildman–Crippen LogP) is 3.95. The summed E-state index contributed by atoms with van der Waals surface area (Å²) >= 11 is 10.2. The van der Waals surface area contributed by atoms with Crippen molar-refractivity contribution in [3.8, 4) is 0 Å². The number of rotatable bonds is 0. The van der Waals surface area contributed by atoms with Gasteiger partial charge >= 0.3 is 0 Å². The average molecular weight is 411 g/mol. The Bertz CT molecular complexity index is 206. The molecule has 0 bridgehead atoms. The first-order valence-electron chi connectivity index (χ1n) is 2.58. The van der Waals surface area contributed by atoms with Crippen LogP contribution < -0.4 is 0 Å². The topological polar surface area (TPSA) is 12.9 Å². The van der Waals surface area contributed by atoms with Crippen LogP contribution in [0.5, 0.6) is 0 Å². The highest BCUT2D eigenvalue weighted by atomic mass is 80.0. The maximum Gasteiger partial charge on any atom is 0.159 e. The fourth-order valence-electron chi connectivity index (χ4n) is 0.541. The van der Waals surface area contributed by atoms with E-state index >= 15 is 0 Å². The lowest BCUT2D eigenvalue weighted by Gasteiger charge is -2.10. The molecule has 0 aliphatic carbocycles. The van der Waals surface area contributed by atoms with Crippen LogP contribution in [0.15, 0.2) is 24.5 Å². The van der Waals surface area contributed by atoms with E-state index in [0.717, 1.165) is 5.56 Å². The van der Waals surface area contributed by atoms with Crippen molar-refractivity contribution in [2.45, 2.75) is 2.14 Å². The van der Waals surface area contributed by atoms with Crippen LogP contribution in [-0.4, -0.2) is 4.98 Å². The third-order valence-electron chi connectivity index (χ3n) is 1.01. The Morgan fingerprint density at radius 2 is 1.55 bits per heavy atom.